The molecule has 1 aliphatic carbocycles. The minimum atomic E-state index is 0.792. The molecule has 35 heavy (non-hydrogen) atoms. The van der Waals surface area contributed by atoms with Gasteiger partial charge in [0.05, 0.1) is 11.0 Å². The predicted molar refractivity (Wildman–Crippen MR) is 146 cm³/mol. The largest absolute Gasteiger partial charge is 0.362 e. The van der Waals surface area contributed by atoms with Gasteiger partial charge in [0, 0.05) is 44.0 Å². The number of anilines is 1. The molecule has 2 aromatic heterocycles. The van der Waals surface area contributed by atoms with E-state index in [0.29, 0.717) is 0 Å². The van der Waals surface area contributed by atoms with Crippen LogP contribution in [-0.4, -0.2) is 35.6 Å². The first-order chi connectivity index (χ1) is 17.2. The number of aromatic nitrogens is 3. The number of nitrogens with one attached hydrogen (secondary N) is 1. The van der Waals surface area contributed by atoms with E-state index in [0.717, 1.165) is 59.4 Å². The van der Waals surface area contributed by atoms with Crippen molar-refractivity contribution in [3.63, 3.8) is 0 Å². The summed E-state index contributed by atoms with van der Waals surface area (Å²) in [6.07, 6.45) is 10.7. The Morgan fingerprint density at radius 3 is 2.54 bits per heavy atom. The summed E-state index contributed by atoms with van der Waals surface area (Å²) < 4.78 is 0. The molecule has 0 amide bonds. The minimum absolute atomic E-state index is 0.792. The molecule has 2 aromatic carbocycles. The highest BCUT2D eigenvalue weighted by atomic mass is 15.1. The molecule has 0 unspecified atom stereocenters. The lowest BCUT2D eigenvalue weighted by atomic mass is 9.80. The third kappa shape index (κ3) is 5.79. The Bertz CT molecular complexity index is 1250. The lowest BCUT2D eigenvalue weighted by Gasteiger charge is -2.28. The van der Waals surface area contributed by atoms with Crippen LogP contribution in [0.25, 0.3) is 21.8 Å². The lowest BCUT2D eigenvalue weighted by molar-refractivity contribution is 0.254. The van der Waals surface area contributed by atoms with Gasteiger partial charge in [0.15, 0.2) is 0 Å². The Labute approximate surface area is 209 Å². The van der Waals surface area contributed by atoms with Gasteiger partial charge in [-0.05, 0) is 61.4 Å². The van der Waals surface area contributed by atoms with Crippen molar-refractivity contribution in [2.24, 2.45) is 11.8 Å². The Balaban J connectivity index is 1.06. The second kappa shape index (κ2) is 11.1. The van der Waals surface area contributed by atoms with Gasteiger partial charge in [-0.3, -0.25) is 4.98 Å². The van der Waals surface area contributed by atoms with Crippen LogP contribution in [0, 0.1) is 11.8 Å². The van der Waals surface area contributed by atoms with Gasteiger partial charge in [-0.25, -0.2) is 9.97 Å². The number of hydrogen-bond acceptors (Lipinski definition) is 5. The molecule has 5 rings (SSSR count). The van der Waals surface area contributed by atoms with E-state index in [4.69, 9.17) is 9.97 Å². The number of nitrogens with zero attached hydrogens (tertiary/aromatic N) is 4. The average Bonchev–Trinajstić information content (AvgIpc) is 2.89. The smallest absolute Gasteiger partial charge is 0.139 e. The Hall–Kier alpha value is -3.05. The molecule has 2 heterocycles. The summed E-state index contributed by atoms with van der Waals surface area (Å²) >= 11 is 0. The number of rotatable bonds is 9. The summed E-state index contributed by atoms with van der Waals surface area (Å²) in [5.41, 5.74) is 3.47. The van der Waals surface area contributed by atoms with Crippen molar-refractivity contribution in [2.75, 3.05) is 25.5 Å². The van der Waals surface area contributed by atoms with Crippen molar-refractivity contribution < 1.29 is 0 Å². The van der Waals surface area contributed by atoms with Crippen LogP contribution in [0.15, 0.2) is 60.8 Å². The number of benzene rings is 2. The molecule has 0 bridgehead atoms. The van der Waals surface area contributed by atoms with Gasteiger partial charge < -0.3 is 10.2 Å². The van der Waals surface area contributed by atoms with Crippen molar-refractivity contribution in [3.8, 4) is 0 Å². The van der Waals surface area contributed by atoms with Crippen LogP contribution in [0.1, 0.15) is 49.9 Å². The highest BCUT2D eigenvalue weighted by Crippen LogP contribution is 2.32. The van der Waals surface area contributed by atoms with Gasteiger partial charge >= 0.3 is 0 Å². The highest BCUT2D eigenvalue weighted by molar-refractivity contribution is 5.89. The van der Waals surface area contributed by atoms with Crippen LogP contribution >= 0.6 is 0 Å². The molecular formula is C30H37N5. The molecule has 0 saturated heterocycles. The molecule has 1 saturated carbocycles. The van der Waals surface area contributed by atoms with Crippen LogP contribution in [-0.2, 0) is 13.0 Å². The summed E-state index contributed by atoms with van der Waals surface area (Å²) in [5, 5.41) is 6.06. The summed E-state index contributed by atoms with van der Waals surface area (Å²) in [6.45, 7) is 2.00. The van der Waals surface area contributed by atoms with Crippen LogP contribution in [0.5, 0.6) is 0 Å². The molecule has 5 nitrogen and oxygen atoms in total. The van der Waals surface area contributed by atoms with E-state index in [2.05, 4.69) is 77.8 Å². The second-order valence-corrected chi connectivity index (χ2v) is 10.3. The molecule has 1 aliphatic rings. The second-order valence-electron chi connectivity index (χ2n) is 10.3. The maximum Gasteiger partial charge on any atom is 0.139 e. The summed E-state index contributed by atoms with van der Waals surface area (Å²) in [5.74, 6) is 3.65. The zero-order chi connectivity index (χ0) is 24.0. The highest BCUT2D eigenvalue weighted by Gasteiger charge is 2.21. The molecule has 0 radical (unpaired) electrons. The Kier molecular flexibility index (Phi) is 7.53. The number of para-hydroxylation sites is 2. The van der Waals surface area contributed by atoms with E-state index in [1.165, 1.54) is 49.5 Å². The maximum absolute atomic E-state index is 4.87. The number of fused-ring (bicyclic) bond motifs is 2. The molecule has 5 heteroatoms. The van der Waals surface area contributed by atoms with Gasteiger partial charge in [-0.15, -0.1) is 0 Å². The van der Waals surface area contributed by atoms with Crippen molar-refractivity contribution in [1.29, 1.82) is 0 Å². The van der Waals surface area contributed by atoms with Crippen molar-refractivity contribution >= 4 is 27.6 Å². The first-order valence-corrected chi connectivity index (χ1v) is 13.1. The van der Waals surface area contributed by atoms with Gasteiger partial charge in [-0.1, -0.05) is 55.7 Å². The standard InChI is InChI=1S/C30H37N5/c1-35(2)30-26-12-3-4-13-27(26)33-28(34-30)14-5-8-22-15-17-23(18-16-22)20-31-21-25-10-6-9-24-11-7-19-32-29(24)25/h3-4,6-7,9-13,19,22-23,31H,5,8,14-18,20-21H2,1-2H3. The summed E-state index contributed by atoms with van der Waals surface area (Å²) in [7, 11) is 4.12. The van der Waals surface area contributed by atoms with Crippen LogP contribution < -0.4 is 10.2 Å². The van der Waals surface area contributed by atoms with Gasteiger partial charge in [0.1, 0.15) is 11.6 Å². The topological polar surface area (TPSA) is 53.9 Å². The fourth-order valence-corrected chi connectivity index (χ4v) is 5.55. The summed E-state index contributed by atoms with van der Waals surface area (Å²) in [4.78, 5) is 16.4. The quantitative estimate of drug-likeness (QED) is 0.319. The lowest BCUT2D eigenvalue weighted by Crippen LogP contribution is -2.26. The van der Waals surface area contributed by atoms with Gasteiger partial charge in [-0.2, -0.15) is 0 Å². The molecule has 0 atom stereocenters. The van der Waals surface area contributed by atoms with E-state index in [1.807, 2.05) is 12.3 Å². The molecule has 0 spiro atoms. The van der Waals surface area contributed by atoms with Crippen molar-refractivity contribution in [2.45, 2.75) is 51.5 Å². The average molecular weight is 468 g/mol. The van der Waals surface area contributed by atoms with Gasteiger partial charge in [0.2, 0.25) is 0 Å². The van der Waals surface area contributed by atoms with E-state index in [9.17, 15) is 0 Å². The SMILES string of the molecule is CN(C)c1nc(CCCC2CCC(CNCc3cccc4cccnc34)CC2)nc2ccccc12. The fourth-order valence-electron chi connectivity index (χ4n) is 5.55. The van der Waals surface area contributed by atoms with Crippen molar-refractivity contribution in [1.82, 2.24) is 20.3 Å². The van der Waals surface area contributed by atoms with Crippen LogP contribution in [0.3, 0.4) is 0 Å². The molecule has 1 N–H and O–H groups in total. The van der Waals surface area contributed by atoms with Crippen molar-refractivity contribution in [3.05, 3.63) is 72.2 Å². The minimum Gasteiger partial charge on any atom is -0.362 e. The zero-order valence-corrected chi connectivity index (χ0v) is 21.1. The van der Waals surface area contributed by atoms with E-state index >= 15 is 0 Å². The third-order valence-electron chi connectivity index (χ3n) is 7.50. The number of hydrogen-bond donors (Lipinski definition) is 1. The monoisotopic (exact) mass is 467 g/mol. The van der Waals surface area contributed by atoms with Gasteiger partial charge in [0.25, 0.3) is 0 Å². The maximum atomic E-state index is 4.87. The predicted octanol–water partition coefficient (Wildman–Crippen LogP) is 6.16. The van der Waals surface area contributed by atoms with E-state index in [1.54, 1.807) is 0 Å². The molecule has 182 valence electrons. The third-order valence-corrected chi connectivity index (χ3v) is 7.50. The number of aryl methyl sites for hydroxylation is 1. The van der Waals surface area contributed by atoms with Crippen LogP contribution in [0.2, 0.25) is 0 Å². The molecule has 4 aromatic rings. The first kappa shape index (κ1) is 23.7. The van der Waals surface area contributed by atoms with Crippen LogP contribution in [0.4, 0.5) is 5.82 Å². The number of pyridine rings is 1. The van der Waals surface area contributed by atoms with E-state index in [-0.39, 0.29) is 0 Å². The molecule has 1 fully saturated rings. The normalized spacial score (nSPS) is 18.2. The molecule has 0 aliphatic heterocycles. The fraction of sp³-hybridized carbons (Fsp3) is 0.433. The molecular weight excluding hydrogens is 430 g/mol. The first-order valence-electron chi connectivity index (χ1n) is 13.1. The van der Waals surface area contributed by atoms with E-state index < -0.39 is 0 Å². The summed E-state index contributed by atoms with van der Waals surface area (Å²) in [6, 6.07) is 18.9. The zero-order valence-electron chi connectivity index (χ0n) is 21.1. The Morgan fingerprint density at radius 1 is 0.886 bits per heavy atom. The Morgan fingerprint density at radius 2 is 1.69 bits per heavy atom.